The molecule has 0 unspecified atom stereocenters. The van der Waals surface area contributed by atoms with E-state index in [-0.39, 0.29) is 0 Å². The average molecular weight is 341 g/mol. The molecular weight excluding hydrogens is 322 g/mol. The van der Waals surface area contributed by atoms with Gasteiger partial charge in [-0.25, -0.2) is 0 Å². The van der Waals surface area contributed by atoms with Crippen molar-refractivity contribution in [1.29, 1.82) is 0 Å². The molecule has 2 fully saturated rings. The summed E-state index contributed by atoms with van der Waals surface area (Å²) < 4.78 is 11.3. The van der Waals surface area contributed by atoms with Gasteiger partial charge in [0.1, 0.15) is 0 Å². The second-order valence-corrected chi connectivity index (χ2v) is 6.23. The molecule has 130 valence electrons. The highest BCUT2D eigenvalue weighted by atomic mass is 16.7. The number of pyridine rings is 1. The van der Waals surface area contributed by atoms with Gasteiger partial charge in [-0.05, 0) is 12.1 Å². The monoisotopic (exact) mass is 341 g/mol. The van der Waals surface area contributed by atoms with Crippen LogP contribution < -0.4 is 5.32 Å². The van der Waals surface area contributed by atoms with Crippen molar-refractivity contribution in [3.63, 3.8) is 0 Å². The van der Waals surface area contributed by atoms with Gasteiger partial charge in [0.25, 0.3) is 0 Å². The zero-order chi connectivity index (χ0) is 17.3. The van der Waals surface area contributed by atoms with Crippen molar-refractivity contribution in [2.75, 3.05) is 31.6 Å². The predicted octanol–water partition coefficient (Wildman–Crippen LogP) is 1.54. The molecular formula is C18H19N3O4. The van der Waals surface area contributed by atoms with Gasteiger partial charge in [-0.3, -0.25) is 14.6 Å². The number of hydrogen-bond acceptors (Lipinski definition) is 5. The molecule has 7 heteroatoms. The van der Waals surface area contributed by atoms with E-state index < -0.39 is 17.6 Å². The Balaban J connectivity index is 1.43. The Labute approximate surface area is 144 Å². The number of likely N-dealkylation sites (tertiary alicyclic amines) is 1. The maximum absolute atomic E-state index is 12.5. The summed E-state index contributed by atoms with van der Waals surface area (Å²) in [4.78, 5) is 30.7. The molecule has 2 saturated heterocycles. The zero-order valence-corrected chi connectivity index (χ0v) is 13.7. The molecule has 25 heavy (non-hydrogen) atoms. The Bertz CT molecular complexity index is 802. The van der Waals surface area contributed by atoms with E-state index in [0.29, 0.717) is 50.3 Å². The lowest BCUT2D eigenvalue weighted by atomic mass is 10.0. The van der Waals surface area contributed by atoms with Gasteiger partial charge in [-0.1, -0.05) is 18.2 Å². The molecule has 2 aliphatic rings. The van der Waals surface area contributed by atoms with Crippen LogP contribution in [-0.4, -0.2) is 53.8 Å². The second-order valence-electron chi connectivity index (χ2n) is 6.23. The standard InChI is InChI=1S/C18H19N3O4/c22-16(20-14-5-1-3-13-4-2-8-19-15(13)14)17(23)21-9-6-18(7-10-21)24-11-12-25-18/h1-5,8H,6-7,9-12H2,(H,20,22). The number of para-hydroxylation sites is 1. The van der Waals surface area contributed by atoms with Crippen molar-refractivity contribution >= 4 is 28.4 Å². The fraction of sp³-hybridized carbons (Fsp3) is 0.389. The number of carbonyl (C=O) groups is 2. The van der Waals surface area contributed by atoms with Crippen LogP contribution in [0, 0.1) is 0 Å². The summed E-state index contributed by atoms with van der Waals surface area (Å²) in [5, 5.41) is 3.59. The summed E-state index contributed by atoms with van der Waals surface area (Å²) in [6.45, 7) is 2.06. The highest BCUT2D eigenvalue weighted by Crippen LogP contribution is 2.31. The Morgan fingerprint density at radius 1 is 1.08 bits per heavy atom. The normalized spacial score (nSPS) is 19.3. The van der Waals surface area contributed by atoms with Crippen molar-refractivity contribution < 1.29 is 19.1 Å². The van der Waals surface area contributed by atoms with E-state index in [2.05, 4.69) is 10.3 Å². The number of ether oxygens (including phenoxy) is 2. The third-order valence-corrected chi connectivity index (χ3v) is 4.70. The number of carbonyl (C=O) groups excluding carboxylic acids is 2. The van der Waals surface area contributed by atoms with Crippen LogP contribution in [0.15, 0.2) is 36.5 Å². The van der Waals surface area contributed by atoms with Crippen LogP contribution in [0.1, 0.15) is 12.8 Å². The molecule has 0 atom stereocenters. The third kappa shape index (κ3) is 3.08. The molecule has 1 spiro atoms. The molecule has 4 rings (SSSR count). The van der Waals surface area contributed by atoms with Crippen LogP contribution in [0.4, 0.5) is 5.69 Å². The van der Waals surface area contributed by atoms with E-state index in [4.69, 9.17) is 9.47 Å². The number of nitrogens with one attached hydrogen (secondary N) is 1. The van der Waals surface area contributed by atoms with E-state index in [1.807, 2.05) is 24.3 Å². The van der Waals surface area contributed by atoms with Gasteiger partial charge in [0, 0.05) is 37.5 Å². The fourth-order valence-corrected chi connectivity index (χ4v) is 3.36. The molecule has 3 heterocycles. The van der Waals surface area contributed by atoms with E-state index >= 15 is 0 Å². The Morgan fingerprint density at radius 2 is 1.80 bits per heavy atom. The fourth-order valence-electron chi connectivity index (χ4n) is 3.36. The Hall–Kier alpha value is -2.51. The van der Waals surface area contributed by atoms with Crippen LogP contribution >= 0.6 is 0 Å². The Morgan fingerprint density at radius 3 is 2.56 bits per heavy atom. The number of amides is 2. The van der Waals surface area contributed by atoms with Crippen molar-refractivity contribution in [3.8, 4) is 0 Å². The highest BCUT2D eigenvalue weighted by Gasteiger charge is 2.41. The van der Waals surface area contributed by atoms with Gasteiger partial charge in [0.15, 0.2) is 5.79 Å². The molecule has 2 aromatic rings. The van der Waals surface area contributed by atoms with Crippen LogP contribution in [0.5, 0.6) is 0 Å². The number of nitrogens with zero attached hydrogens (tertiary/aromatic N) is 2. The first-order valence-electron chi connectivity index (χ1n) is 8.39. The van der Waals surface area contributed by atoms with Crippen molar-refractivity contribution in [2.45, 2.75) is 18.6 Å². The van der Waals surface area contributed by atoms with E-state index in [9.17, 15) is 9.59 Å². The van der Waals surface area contributed by atoms with Gasteiger partial charge in [-0.2, -0.15) is 0 Å². The maximum atomic E-state index is 12.5. The van der Waals surface area contributed by atoms with Crippen molar-refractivity contribution in [3.05, 3.63) is 36.5 Å². The summed E-state index contributed by atoms with van der Waals surface area (Å²) >= 11 is 0. The predicted molar refractivity (Wildman–Crippen MR) is 90.8 cm³/mol. The van der Waals surface area contributed by atoms with Crippen LogP contribution in [-0.2, 0) is 19.1 Å². The lowest BCUT2D eigenvalue weighted by Crippen LogP contribution is -2.50. The average Bonchev–Trinajstić information content (AvgIpc) is 3.10. The maximum Gasteiger partial charge on any atom is 0.313 e. The molecule has 0 bridgehead atoms. The smallest absolute Gasteiger partial charge is 0.313 e. The number of fused-ring (bicyclic) bond motifs is 1. The first kappa shape index (κ1) is 16.0. The summed E-state index contributed by atoms with van der Waals surface area (Å²) in [7, 11) is 0. The zero-order valence-electron chi connectivity index (χ0n) is 13.7. The van der Waals surface area contributed by atoms with Crippen molar-refractivity contribution in [1.82, 2.24) is 9.88 Å². The minimum absolute atomic E-state index is 0.444. The molecule has 7 nitrogen and oxygen atoms in total. The summed E-state index contributed by atoms with van der Waals surface area (Å²) in [5.74, 6) is -1.75. The lowest BCUT2D eigenvalue weighted by molar-refractivity contribution is -0.187. The largest absolute Gasteiger partial charge is 0.347 e. The Kier molecular flexibility index (Phi) is 4.10. The minimum Gasteiger partial charge on any atom is -0.347 e. The SMILES string of the molecule is O=C(Nc1cccc2cccnc12)C(=O)N1CCC2(CC1)OCCO2. The van der Waals surface area contributed by atoms with E-state index in [0.717, 1.165) is 5.39 Å². The van der Waals surface area contributed by atoms with Gasteiger partial charge in [0.2, 0.25) is 0 Å². The number of anilines is 1. The van der Waals surface area contributed by atoms with Gasteiger partial charge in [-0.15, -0.1) is 0 Å². The van der Waals surface area contributed by atoms with Crippen LogP contribution in [0.2, 0.25) is 0 Å². The first-order valence-corrected chi connectivity index (χ1v) is 8.39. The quantitative estimate of drug-likeness (QED) is 0.796. The minimum atomic E-state index is -0.651. The summed E-state index contributed by atoms with van der Waals surface area (Å²) in [6.07, 6.45) is 2.83. The van der Waals surface area contributed by atoms with E-state index in [1.165, 1.54) is 0 Å². The molecule has 2 aliphatic heterocycles. The van der Waals surface area contributed by atoms with Crippen LogP contribution in [0.3, 0.4) is 0 Å². The number of rotatable bonds is 1. The van der Waals surface area contributed by atoms with E-state index in [1.54, 1.807) is 17.2 Å². The molecule has 0 radical (unpaired) electrons. The summed E-state index contributed by atoms with van der Waals surface area (Å²) in [6, 6.07) is 9.21. The van der Waals surface area contributed by atoms with Gasteiger partial charge >= 0.3 is 11.8 Å². The number of hydrogen-bond donors (Lipinski definition) is 1. The summed E-state index contributed by atoms with van der Waals surface area (Å²) in [5.41, 5.74) is 1.20. The third-order valence-electron chi connectivity index (χ3n) is 4.70. The van der Waals surface area contributed by atoms with Gasteiger partial charge < -0.3 is 19.7 Å². The molecule has 1 aromatic heterocycles. The number of aromatic nitrogens is 1. The molecule has 1 N–H and O–H groups in total. The number of benzene rings is 1. The number of piperidine rings is 1. The lowest BCUT2D eigenvalue weighted by Gasteiger charge is -2.37. The topological polar surface area (TPSA) is 80.8 Å². The highest BCUT2D eigenvalue weighted by molar-refractivity contribution is 6.40. The van der Waals surface area contributed by atoms with Gasteiger partial charge in [0.05, 0.1) is 24.4 Å². The molecule has 0 aliphatic carbocycles. The second kappa shape index (κ2) is 6.42. The molecule has 2 amide bonds. The first-order chi connectivity index (χ1) is 12.2. The molecule has 0 saturated carbocycles. The van der Waals surface area contributed by atoms with Crippen LogP contribution in [0.25, 0.3) is 10.9 Å². The van der Waals surface area contributed by atoms with Crippen molar-refractivity contribution in [2.24, 2.45) is 0 Å². The molecule has 1 aromatic carbocycles.